The van der Waals surface area contributed by atoms with Crippen LogP contribution in [0.3, 0.4) is 0 Å². The Balaban J connectivity index is 1.23. The molecule has 0 aliphatic carbocycles. The molecule has 0 saturated carbocycles. The first kappa shape index (κ1) is 21.3. The maximum Gasteiger partial charge on any atom is 0.292 e. The molecule has 10 heteroatoms. The largest absolute Gasteiger partial charge is 0.366 e. The predicted octanol–water partition coefficient (Wildman–Crippen LogP) is 3.40. The summed E-state index contributed by atoms with van der Waals surface area (Å²) in [5.41, 5.74) is 1.65. The molecule has 1 fully saturated rings. The van der Waals surface area contributed by atoms with E-state index in [1.807, 2.05) is 30.3 Å². The number of nitrogens with zero attached hydrogens (tertiary/aromatic N) is 6. The standard InChI is InChI=1S/C23H20ClFN6O2/c24-21-19(14-26-31(23(21)32)18-4-2-1-3-5-18)30-12-10-29(11-13-30)15-20-27-22(28-33-20)16-6-8-17(25)9-7-16/h1-9,14H,10-13,15H2. The van der Waals surface area contributed by atoms with Crippen molar-refractivity contribution in [3.05, 3.63) is 87.9 Å². The molecule has 0 atom stereocenters. The number of piperazine rings is 1. The average molecular weight is 467 g/mol. The van der Waals surface area contributed by atoms with Crippen LogP contribution in [-0.2, 0) is 6.54 Å². The van der Waals surface area contributed by atoms with Crippen molar-refractivity contribution in [1.29, 1.82) is 0 Å². The summed E-state index contributed by atoms with van der Waals surface area (Å²) in [4.78, 5) is 21.4. The number of benzene rings is 2. The van der Waals surface area contributed by atoms with Crippen molar-refractivity contribution in [3.63, 3.8) is 0 Å². The fraction of sp³-hybridized carbons (Fsp3) is 0.217. The summed E-state index contributed by atoms with van der Waals surface area (Å²) in [5, 5.41) is 8.46. The normalized spacial score (nSPS) is 14.5. The van der Waals surface area contributed by atoms with Gasteiger partial charge in [0.2, 0.25) is 11.7 Å². The summed E-state index contributed by atoms with van der Waals surface area (Å²) in [6.45, 7) is 3.31. The van der Waals surface area contributed by atoms with E-state index in [-0.39, 0.29) is 16.4 Å². The van der Waals surface area contributed by atoms with Crippen LogP contribution in [0.5, 0.6) is 0 Å². The van der Waals surface area contributed by atoms with E-state index in [2.05, 4.69) is 25.0 Å². The van der Waals surface area contributed by atoms with Crippen molar-refractivity contribution in [1.82, 2.24) is 24.8 Å². The molecule has 0 bridgehead atoms. The summed E-state index contributed by atoms with van der Waals surface area (Å²) >= 11 is 6.43. The second-order valence-corrected chi connectivity index (χ2v) is 8.06. The van der Waals surface area contributed by atoms with Gasteiger partial charge in [-0.05, 0) is 36.4 Å². The minimum absolute atomic E-state index is 0.156. The van der Waals surface area contributed by atoms with Crippen LogP contribution in [0, 0.1) is 5.82 Å². The Bertz CT molecular complexity index is 1300. The van der Waals surface area contributed by atoms with E-state index in [9.17, 15) is 9.18 Å². The van der Waals surface area contributed by atoms with Crippen molar-refractivity contribution in [2.45, 2.75) is 6.54 Å². The number of para-hydroxylation sites is 1. The van der Waals surface area contributed by atoms with Crippen molar-refractivity contribution < 1.29 is 8.91 Å². The number of rotatable bonds is 5. The lowest BCUT2D eigenvalue weighted by Crippen LogP contribution is -2.46. The summed E-state index contributed by atoms with van der Waals surface area (Å²) in [5.74, 6) is 0.612. The molecule has 4 aromatic rings. The highest BCUT2D eigenvalue weighted by Crippen LogP contribution is 2.24. The zero-order valence-corrected chi connectivity index (χ0v) is 18.3. The van der Waals surface area contributed by atoms with Crippen LogP contribution in [0.1, 0.15) is 5.89 Å². The molecule has 33 heavy (non-hydrogen) atoms. The van der Waals surface area contributed by atoms with E-state index in [0.717, 1.165) is 13.1 Å². The SMILES string of the molecule is O=c1c(Cl)c(N2CCN(Cc3nc(-c4ccc(F)cc4)no3)CC2)cnn1-c1ccccc1. The Morgan fingerprint density at radius 3 is 2.45 bits per heavy atom. The number of halogens is 2. The lowest BCUT2D eigenvalue weighted by atomic mass is 10.2. The third-order valence-corrected chi connectivity index (χ3v) is 5.90. The van der Waals surface area contributed by atoms with E-state index < -0.39 is 0 Å². The van der Waals surface area contributed by atoms with Gasteiger partial charge in [0.1, 0.15) is 10.8 Å². The summed E-state index contributed by atoms with van der Waals surface area (Å²) in [7, 11) is 0. The Morgan fingerprint density at radius 1 is 1.00 bits per heavy atom. The highest BCUT2D eigenvalue weighted by Gasteiger charge is 2.23. The molecule has 0 unspecified atom stereocenters. The number of hydrogen-bond acceptors (Lipinski definition) is 7. The Labute approximate surface area is 193 Å². The van der Waals surface area contributed by atoms with Crippen LogP contribution >= 0.6 is 11.6 Å². The van der Waals surface area contributed by atoms with E-state index in [1.165, 1.54) is 16.8 Å². The van der Waals surface area contributed by atoms with E-state index in [4.69, 9.17) is 16.1 Å². The second kappa shape index (κ2) is 9.13. The zero-order chi connectivity index (χ0) is 22.8. The summed E-state index contributed by atoms with van der Waals surface area (Å²) in [6, 6.07) is 15.1. The molecule has 3 heterocycles. The van der Waals surface area contributed by atoms with Crippen molar-refractivity contribution in [2.75, 3.05) is 31.1 Å². The Kier molecular flexibility index (Phi) is 5.89. The molecule has 2 aromatic heterocycles. The van der Waals surface area contributed by atoms with E-state index >= 15 is 0 Å². The molecule has 1 aliphatic heterocycles. The fourth-order valence-electron chi connectivity index (χ4n) is 3.77. The van der Waals surface area contributed by atoms with Crippen LogP contribution in [-0.4, -0.2) is 51.0 Å². The molecule has 168 valence electrons. The van der Waals surface area contributed by atoms with Gasteiger partial charge in [0, 0.05) is 31.7 Å². The zero-order valence-electron chi connectivity index (χ0n) is 17.6. The van der Waals surface area contributed by atoms with Gasteiger partial charge < -0.3 is 9.42 Å². The van der Waals surface area contributed by atoms with Crippen LogP contribution in [0.15, 0.2) is 70.1 Å². The van der Waals surface area contributed by atoms with Gasteiger partial charge in [-0.15, -0.1) is 0 Å². The average Bonchev–Trinajstić information content (AvgIpc) is 3.31. The third kappa shape index (κ3) is 4.50. The second-order valence-electron chi connectivity index (χ2n) is 7.68. The topological polar surface area (TPSA) is 80.3 Å². The first-order valence-corrected chi connectivity index (χ1v) is 10.9. The summed E-state index contributed by atoms with van der Waals surface area (Å²) in [6.07, 6.45) is 1.64. The van der Waals surface area contributed by atoms with Crippen molar-refractivity contribution in [3.8, 4) is 17.1 Å². The summed E-state index contributed by atoms with van der Waals surface area (Å²) < 4.78 is 19.8. The smallest absolute Gasteiger partial charge is 0.292 e. The fourth-order valence-corrected chi connectivity index (χ4v) is 4.02. The van der Waals surface area contributed by atoms with Gasteiger partial charge in [0.05, 0.1) is 24.1 Å². The van der Waals surface area contributed by atoms with Crippen LogP contribution in [0.2, 0.25) is 5.02 Å². The molecule has 0 spiro atoms. The van der Waals surface area contributed by atoms with E-state index in [1.54, 1.807) is 18.3 Å². The lowest BCUT2D eigenvalue weighted by molar-refractivity contribution is 0.215. The highest BCUT2D eigenvalue weighted by atomic mass is 35.5. The number of aromatic nitrogens is 4. The first-order valence-electron chi connectivity index (χ1n) is 10.5. The Morgan fingerprint density at radius 2 is 1.73 bits per heavy atom. The van der Waals surface area contributed by atoms with E-state index in [0.29, 0.717) is 48.3 Å². The van der Waals surface area contributed by atoms with Crippen LogP contribution in [0.25, 0.3) is 17.1 Å². The van der Waals surface area contributed by atoms with Crippen molar-refractivity contribution >= 4 is 17.3 Å². The van der Waals surface area contributed by atoms with Gasteiger partial charge in [0.15, 0.2) is 0 Å². The molecule has 0 amide bonds. The quantitative estimate of drug-likeness (QED) is 0.446. The minimum Gasteiger partial charge on any atom is -0.366 e. The molecule has 1 saturated heterocycles. The predicted molar refractivity (Wildman–Crippen MR) is 122 cm³/mol. The molecule has 1 aliphatic rings. The van der Waals surface area contributed by atoms with Gasteiger partial charge >= 0.3 is 0 Å². The molecule has 0 radical (unpaired) electrons. The minimum atomic E-state index is -0.345. The van der Waals surface area contributed by atoms with Gasteiger partial charge in [-0.3, -0.25) is 9.69 Å². The number of anilines is 1. The van der Waals surface area contributed by atoms with Crippen molar-refractivity contribution in [2.24, 2.45) is 0 Å². The van der Waals surface area contributed by atoms with Crippen LogP contribution < -0.4 is 10.5 Å². The monoisotopic (exact) mass is 466 g/mol. The Hall–Kier alpha value is -3.56. The van der Waals surface area contributed by atoms with Crippen LogP contribution in [0.4, 0.5) is 10.1 Å². The maximum atomic E-state index is 13.1. The van der Waals surface area contributed by atoms with Gasteiger partial charge in [-0.1, -0.05) is 35.0 Å². The molecule has 8 nitrogen and oxygen atoms in total. The number of hydrogen-bond donors (Lipinski definition) is 0. The van der Waals surface area contributed by atoms with Gasteiger partial charge in [0.25, 0.3) is 5.56 Å². The molecular formula is C23H20ClFN6O2. The molecule has 5 rings (SSSR count). The first-order chi connectivity index (χ1) is 16.1. The molecule has 0 N–H and O–H groups in total. The van der Waals surface area contributed by atoms with Gasteiger partial charge in [-0.25, -0.2) is 4.39 Å². The highest BCUT2D eigenvalue weighted by molar-refractivity contribution is 6.33. The third-order valence-electron chi connectivity index (χ3n) is 5.54. The molecule has 2 aromatic carbocycles. The lowest BCUT2D eigenvalue weighted by Gasteiger charge is -2.35. The molecular weight excluding hydrogens is 447 g/mol. The van der Waals surface area contributed by atoms with Gasteiger partial charge in [-0.2, -0.15) is 14.8 Å². The maximum absolute atomic E-state index is 13.1.